The van der Waals surface area contributed by atoms with Crippen molar-refractivity contribution in [1.82, 2.24) is 0 Å². The zero-order valence-corrected chi connectivity index (χ0v) is 11.4. The Kier molecular flexibility index (Phi) is 3.02. The predicted octanol–water partition coefficient (Wildman–Crippen LogP) is 3.06. The van der Waals surface area contributed by atoms with Crippen LogP contribution in [0, 0.1) is 6.92 Å². The Labute approximate surface area is 120 Å². The molecule has 0 saturated carbocycles. The van der Waals surface area contributed by atoms with E-state index in [1.165, 1.54) is 6.07 Å². The molecule has 0 saturated heterocycles. The van der Waals surface area contributed by atoms with E-state index in [-0.39, 0.29) is 5.63 Å². The molecule has 3 aromatic rings. The number of anilines is 2. The molecule has 0 unspecified atom stereocenters. The second-order valence-corrected chi connectivity index (χ2v) is 4.80. The van der Waals surface area contributed by atoms with Gasteiger partial charge in [-0.05, 0) is 36.8 Å². The molecule has 4 N–H and O–H groups in total. The third kappa shape index (κ3) is 2.53. The van der Waals surface area contributed by atoms with Gasteiger partial charge in [0.2, 0.25) is 0 Å². The Bertz CT molecular complexity index is 884. The number of fused-ring (bicyclic) bond motifs is 1. The van der Waals surface area contributed by atoms with Gasteiger partial charge in [-0.3, -0.25) is 0 Å². The van der Waals surface area contributed by atoms with E-state index in [0.717, 1.165) is 10.9 Å². The van der Waals surface area contributed by atoms with Crippen LogP contribution in [0.3, 0.4) is 0 Å². The number of rotatable bonds is 2. The van der Waals surface area contributed by atoms with E-state index in [2.05, 4.69) is 0 Å². The Morgan fingerprint density at radius 3 is 2.43 bits per heavy atom. The fourth-order valence-corrected chi connectivity index (χ4v) is 2.12. The number of benzene rings is 2. The fourth-order valence-electron chi connectivity index (χ4n) is 2.12. The highest BCUT2D eigenvalue weighted by atomic mass is 16.5. The summed E-state index contributed by atoms with van der Waals surface area (Å²) in [5.41, 5.74) is 13.3. The van der Waals surface area contributed by atoms with Crippen molar-refractivity contribution in [2.45, 2.75) is 6.92 Å². The van der Waals surface area contributed by atoms with Gasteiger partial charge in [-0.2, -0.15) is 0 Å². The van der Waals surface area contributed by atoms with Gasteiger partial charge in [-0.1, -0.05) is 0 Å². The molecule has 0 atom stereocenters. The number of ether oxygens (including phenoxy) is 1. The zero-order valence-electron chi connectivity index (χ0n) is 11.4. The normalized spacial score (nSPS) is 10.7. The molecule has 0 aliphatic carbocycles. The van der Waals surface area contributed by atoms with Crippen LogP contribution < -0.4 is 21.8 Å². The van der Waals surface area contributed by atoms with Crippen molar-refractivity contribution in [2.75, 3.05) is 11.5 Å². The summed E-state index contributed by atoms with van der Waals surface area (Å²) in [5, 5.41) is 0.874. The molecule has 106 valence electrons. The zero-order chi connectivity index (χ0) is 15.0. The highest BCUT2D eigenvalue weighted by Gasteiger charge is 2.05. The number of aryl methyl sites for hydroxylation is 1. The molecule has 2 aromatic carbocycles. The summed E-state index contributed by atoms with van der Waals surface area (Å²) in [6, 6.07) is 11.8. The van der Waals surface area contributed by atoms with Gasteiger partial charge < -0.3 is 20.6 Å². The van der Waals surface area contributed by atoms with Crippen molar-refractivity contribution < 1.29 is 9.15 Å². The predicted molar refractivity (Wildman–Crippen MR) is 82.6 cm³/mol. The van der Waals surface area contributed by atoms with E-state index in [1.54, 1.807) is 24.3 Å². The molecular weight excluding hydrogens is 268 g/mol. The van der Waals surface area contributed by atoms with Gasteiger partial charge in [-0.15, -0.1) is 0 Å². The molecule has 1 heterocycles. The van der Waals surface area contributed by atoms with Crippen LogP contribution in [0.1, 0.15) is 5.56 Å². The molecule has 21 heavy (non-hydrogen) atoms. The van der Waals surface area contributed by atoms with Crippen molar-refractivity contribution in [2.24, 2.45) is 0 Å². The summed E-state index contributed by atoms with van der Waals surface area (Å²) < 4.78 is 10.9. The van der Waals surface area contributed by atoms with Crippen molar-refractivity contribution in [3.05, 3.63) is 58.4 Å². The van der Waals surface area contributed by atoms with Crippen LogP contribution in [0.5, 0.6) is 11.5 Å². The minimum atomic E-state index is -0.381. The monoisotopic (exact) mass is 282 g/mol. The van der Waals surface area contributed by atoms with Crippen LogP contribution in [0.15, 0.2) is 51.7 Å². The van der Waals surface area contributed by atoms with Crippen molar-refractivity contribution in [3.8, 4) is 11.5 Å². The first-order valence-corrected chi connectivity index (χ1v) is 6.40. The maximum atomic E-state index is 11.4. The minimum absolute atomic E-state index is 0.381. The van der Waals surface area contributed by atoms with Crippen LogP contribution in [-0.4, -0.2) is 0 Å². The summed E-state index contributed by atoms with van der Waals surface area (Å²) >= 11 is 0. The number of hydrogen-bond acceptors (Lipinski definition) is 5. The lowest BCUT2D eigenvalue weighted by Gasteiger charge is -2.08. The summed E-state index contributed by atoms with van der Waals surface area (Å²) in [4.78, 5) is 11.4. The fraction of sp³-hybridized carbons (Fsp3) is 0.0625. The van der Waals surface area contributed by atoms with Crippen molar-refractivity contribution >= 4 is 22.3 Å². The van der Waals surface area contributed by atoms with Crippen LogP contribution in [0.25, 0.3) is 11.0 Å². The lowest BCUT2D eigenvalue weighted by molar-refractivity contribution is 0.480. The molecule has 0 spiro atoms. The van der Waals surface area contributed by atoms with Crippen LogP contribution in [0.2, 0.25) is 0 Å². The standard InChI is InChI=1S/C16H14N2O3/c1-9-6-16(19)21-15-8-11(2-4-12(9)15)20-10-3-5-13(17)14(18)7-10/h2-8H,17-18H2,1H3. The first-order valence-electron chi connectivity index (χ1n) is 6.40. The quantitative estimate of drug-likeness (QED) is 0.556. The summed E-state index contributed by atoms with van der Waals surface area (Å²) in [7, 11) is 0. The summed E-state index contributed by atoms with van der Waals surface area (Å²) in [6.45, 7) is 1.86. The first-order chi connectivity index (χ1) is 10.0. The number of nitrogen functional groups attached to an aromatic ring is 2. The Morgan fingerprint density at radius 1 is 0.952 bits per heavy atom. The molecule has 5 nitrogen and oxygen atoms in total. The van der Waals surface area contributed by atoms with Gasteiger partial charge in [0.25, 0.3) is 0 Å². The molecule has 0 aliphatic rings. The Hall–Kier alpha value is -2.95. The lowest BCUT2D eigenvalue weighted by Crippen LogP contribution is -1.98. The lowest BCUT2D eigenvalue weighted by atomic mass is 10.1. The Morgan fingerprint density at radius 2 is 1.67 bits per heavy atom. The number of hydrogen-bond donors (Lipinski definition) is 2. The topological polar surface area (TPSA) is 91.5 Å². The SMILES string of the molecule is Cc1cc(=O)oc2cc(Oc3ccc(N)c(N)c3)ccc12. The minimum Gasteiger partial charge on any atom is -0.457 e. The maximum absolute atomic E-state index is 11.4. The van der Waals surface area contributed by atoms with Gasteiger partial charge in [0.1, 0.15) is 17.1 Å². The smallest absolute Gasteiger partial charge is 0.336 e. The Balaban J connectivity index is 2.01. The highest BCUT2D eigenvalue weighted by molar-refractivity contribution is 5.81. The van der Waals surface area contributed by atoms with Crippen molar-refractivity contribution in [1.29, 1.82) is 0 Å². The molecule has 1 aromatic heterocycles. The maximum Gasteiger partial charge on any atom is 0.336 e. The molecule has 3 rings (SSSR count). The van der Waals surface area contributed by atoms with Gasteiger partial charge in [0, 0.05) is 23.6 Å². The van der Waals surface area contributed by atoms with Crippen molar-refractivity contribution in [3.63, 3.8) is 0 Å². The molecule has 0 radical (unpaired) electrons. The summed E-state index contributed by atoms with van der Waals surface area (Å²) in [6.07, 6.45) is 0. The van der Waals surface area contributed by atoms with Gasteiger partial charge in [0.15, 0.2) is 0 Å². The average molecular weight is 282 g/mol. The average Bonchev–Trinajstić information content (AvgIpc) is 2.42. The van der Waals surface area contributed by atoms with Gasteiger partial charge in [0.05, 0.1) is 11.4 Å². The third-order valence-electron chi connectivity index (χ3n) is 3.22. The van der Waals surface area contributed by atoms with E-state index in [1.807, 2.05) is 19.1 Å². The molecule has 0 aliphatic heterocycles. The second-order valence-electron chi connectivity index (χ2n) is 4.80. The molecule has 0 bridgehead atoms. The van der Waals surface area contributed by atoms with E-state index >= 15 is 0 Å². The van der Waals surface area contributed by atoms with Crippen LogP contribution >= 0.6 is 0 Å². The van der Waals surface area contributed by atoms with Crippen LogP contribution in [-0.2, 0) is 0 Å². The third-order valence-corrected chi connectivity index (χ3v) is 3.22. The largest absolute Gasteiger partial charge is 0.457 e. The van der Waals surface area contributed by atoms with Crippen LogP contribution in [0.4, 0.5) is 11.4 Å². The van der Waals surface area contributed by atoms with E-state index in [4.69, 9.17) is 20.6 Å². The van der Waals surface area contributed by atoms with E-state index in [9.17, 15) is 4.79 Å². The van der Waals surface area contributed by atoms with Gasteiger partial charge >= 0.3 is 5.63 Å². The molecule has 5 heteroatoms. The number of nitrogens with two attached hydrogens (primary N) is 2. The first kappa shape index (κ1) is 13.1. The van der Waals surface area contributed by atoms with Gasteiger partial charge in [-0.25, -0.2) is 4.79 Å². The molecular formula is C16H14N2O3. The second kappa shape index (κ2) is 4.86. The van der Waals surface area contributed by atoms with E-state index < -0.39 is 0 Å². The summed E-state index contributed by atoms with van der Waals surface area (Å²) in [5.74, 6) is 1.12. The molecule has 0 amide bonds. The van der Waals surface area contributed by atoms with E-state index in [0.29, 0.717) is 28.5 Å². The molecule has 0 fully saturated rings. The highest BCUT2D eigenvalue weighted by Crippen LogP contribution is 2.29.